The van der Waals surface area contributed by atoms with Gasteiger partial charge in [0.2, 0.25) is 0 Å². The zero-order chi connectivity index (χ0) is 10.3. The Morgan fingerprint density at radius 2 is 2.00 bits per heavy atom. The number of hydrogen-bond donors (Lipinski definition) is 1. The number of fused-ring (bicyclic) bond motifs is 2. The van der Waals surface area contributed by atoms with Gasteiger partial charge in [0.25, 0.3) is 0 Å². The fraction of sp³-hybridized carbons (Fsp3) is 0.333. The number of quaternary nitrogens is 1. The van der Waals surface area contributed by atoms with Crippen LogP contribution in [-0.2, 0) is 4.74 Å². The lowest BCUT2D eigenvalue weighted by atomic mass is 10.00. The summed E-state index contributed by atoms with van der Waals surface area (Å²) in [5.41, 5.74) is 0.780. The van der Waals surface area contributed by atoms with Crippen molar-refractivity contribution in [2.24, 2.45) is 0 Å². The molecule has 1 N–H and O–H groups in total. The van der Waals surface area contributed by atoms with Crippen LogP contribution in [0.4, 0.5) is 0 Å². The predicted octanol–water partition coefficient (Wildman–Crippen LogP) is 0.824. The molecule has 1 aliphatic heterocycles. The van der Waals surface area contributed by atoms with E-state index in [1.807, 2.05) is 36.5 Å². The largest absolute Gasteiger partial charge is 0.628 e. The molecule has 0 spiro atoms. The Hall–Kier alpha value is -1.32. The molecule has 0 aromatic carbocycles. The Labute approximate surface area is 88.6 Å². The van der Waals surface area contributed by atoms with E-state index in [1.165, 1.54) is 0 Å². The van der Waals surface area contributed by atoms with Gasteiger partial charge in [-0.2, -0.15) is 0 Å². The van der Waals surface area contributed by atoms with E-state index >= 15 is 0 Å². The van der Waals surface area contributed by atoms with Crippen LogP contribution in [0.25, 0.3) is 0 Å². The van der Waals surface area contributed by atoms with Crippen molar-refractivity contribution in [1.29, 1.82) is 0 Å². The quantitative estimate of drug-likeness (QED) is 0.592. The summed E-state index contributed by atoms with van der Waals surface area (Å²) in [5.74, 6) is 0.785. The van der Waals surface area contributed by atoms with Gasteiger partial charge in [-0.3, -0.25) is 0 Å². The molecule has 2 aliphatic carbocycles. The minimum absolute atomic E-state index is 0.0935. The minimum atomic E-state index is -0.114. The molecule has 3 rings (SSSR count). The van der Waals surface area contributed by atoms with Crippen LogP contribution < -0.4 is 5.06 Å². The first-order valence-electron chi connectivity index (χ1n) is 5.33. The molecule has 1 fully saturated rings. The van der Waals surface area contributed by atoms with Gasteiger partial charge < -0.3 is 15.0 Å². The van der Waals surface area contributed by atoms with E-state index in [0.29, 0.717) is 0 Å². The first kappa shape index (κ1) is 8.95. The fourth-order valence-electron chi connectivity index (χ4n) is 2.25. The summed E-state index contributed by atoms with van der Waals surface area (Å²) in [6, 6.07) is -0.114. The number of nitrogens with one attached hydrogen (secondary N) is 1. The van der Waals surface area contributed by atoms with Crippen LogP contribution >= 0.6 is 0 Å². The maximum Gasteiger partial charge on any atom is 0.177 e. The monoisotopic (exact) mass is 203 g/mol. The van der Waals surface area contributed by atoms with Crippen LogP contribution in [0, 0.1) is 5.21 Å². The molecule has 0 bridgehead atoms. The van der Waals surface area contributed by atoms with E-state index in [-0.39, 0.29) is 17.2 Å². The molecule has 3 unspecified atom stereocenters. The highest BCUT2D eigenvalue weighted by Gasteiger charge is 2.36. The number of rotatable bonds is 0. The van der Waals surface area contributed by atoms with Gasteiger partial charge in [-0.15, -0.1) is 0 Å². The van der Waals surface area contributed by atoms with Crippen molar-refractivity contribution >= 4 is 0 Å². The van der Waals surface area contributed by atoms with Gasteiger partial charge >= 0.3 is 0 Å². The fourth-order valence-corrected chi connectivity index (χ4v) is 2.25. The maximum absolute atomic E-state index is 12.1. The minimum Gasteiger partial charge on any atom is -0.628 e. The molecule has 0 amide bonds. The van der Waals surface area contributed by atoms with Gasteiger partial charge in [-0.05, 0) is 37.1 Å². The predicted molar refractivity (Wildman–Crippen MR) is 56.7 cm³/mol. The first-order chi connectivity index (χ1) is 7.36. The van der Waals surface area contributed by atoms with Gasteiger partial charge in [0.15, 0.2) is 23.6 Å². The lowest BCUT2D eigenvalue weighted by Crippen LogP contribution is -3.12. The van der Waals surface area contributed by atoms with E-state index < -0.39 is 0 Å². The maximum atomic E-state index is 12.1. The normalized spacial score (nSPS) is 37.3. The van der Waals surface area contributed by atoms with Crippen LogP contribution in [-0.4, -0.2) is 12.1 Å². The molecule has 1 heterocycles. The highest BCUT2D eigenvalue weighted by atomic mass is 16.5. The Bertz CT molecular complexity index is 392. The third-order valence-electron chi connectivity index (χ3n) is 3.03. The van der Waals surface area contributed by atoms with Crippen molar-refractivity contribution < 1.29 is 9.80 Å². The second-order valence-corrected chi connectivity index (χ2v) is 4.01. The Morgan fingerprint density at radius 1 is 1.20 bits per heavy atom. The van der Waals surface area contributed by atoms with Crippen molar-refractivity contribution in [2.75, 3.05) is 0 Å². The summed E-state index contributed by atoms with van der Waals surface area (Å²) in [6.07, 6.45) is 13.6. The highest BCUT2D eigenvalue weighted by molar-refractivity contribution is 5.29. The molecule has 3 nitrogen and oxygen atoms in total. The van der Waals surface area contributed by atoms with Crippen molar-refractivity contribution in [1.82, 2.24) is 0 Å². The third-order valence-corrected chi connectivity index (χ3v) is 3.03. The molecule has 1 saturated heterocycles. The number of hydroxylamine groups is 2. The summed E-state index contributed by atoms with van der Waals surface area (Å²) in [6.45, 7) is 0. The molecule has 0 radical (unpaired) electrons. The molecule has 0 aromatic rings. The summed E-state index contributed by atoms with van der Waals surface area (Å²) >= 11 is 0. The van der Waals surface area contributed by atoms with Gasteiger partial charge in [0.05, 0.1) is 0 Å². The van der Waals surface area contributed by atoms with Gasteiger partial charge in [0.1, 0.15) is 0 Å². The third kappa shape index (κ3) is 1.35. The van der Waals surface area contributed by atoms with Crippen LogP contribution in [0.1, 0.15) is 12.8 Å². The summed E-state index contributed by atoms with van der Waals surface area (Å²) in [4.78, 5) is 0. The summed E-state index contributed by atoms with van der Waals surface area (Å²) < 4.78 is 5.80. The standard InChI is InChI=1S/C12H13NO2/c14-13-9-5-1-3-7-11(9)15-12-8-4-2-6-10(12)13/h1,3,5-9,11,13H,2,4H2. The first-order valence-corrected chi connectivity index (χ1v) is 5.33. The molecule has 3 heteroatoms. The van der Waals surface area contributed by atoms with Gasteiger partial charge in [0, 0.05) is 0 Å². The van der Waals surface area contributed by atoms with Gasteiger partial charge in [-0.25, -0.2) is 0 Å². The number of hydrogen-bond acceptors (Lipinski definition) is 2. The summed E-state index contributed by atoms with van der Waals surface area (Å²) in [7, 11) is 0. The number of allylic oxidation sites excluding steroid dienone is 4. The van der Waals surface area contributed by atoms with E-state index in [1.54, 1.807) is 0 Å². The molecule has 78 valence electrons. The average molecular weight is 203 g/mol. The average Bonchev–Trinajstić information content (AvgIpc) is 2.30. The van der Waals surface area contributed by atoms with E-state index in [0.717, 1.165) is 24.3 Å². The van der Waals surface area contributed by atoms with Crippen molar-refractivity contribution in [2.45, 2.75) is 25.0 Å². The van der Waals surface area contributed by atoms with Crippen molar-refractivity contribution in [3.63, 3.8) is 0 Å². The Kier molecular flexibility index (Phi) is 2.01. The molecule has 15 heavy (non-hydrogen) atoms. The lowest BCUT2D eigenvalue weighted by molar-refractivity contribution is -0.837. The van der Waals surface area contributed by atoms with Crippen LogP contribution in [0.15, 0.2) is 47.9 Å². The lowest BCUT2D eigenvalue weighted by Gasteiger charge is -2.42. The Balaban J connectivity index is 1.97. The molecule has 0 saturated carbocycles. The highest BCUT2D eigenvalue weighted by Crippen LogP contribution is 2.24. The smallest absolute Gasteiger partial charge is 0.177 e. The Morgan fingerprint density at radius 3 is 2.93 bits per heavy atom. The van der Waals surface area contributed by atoms with E-state index in [9.17, 15) is 5.21 Å². The second-order valence-electron chi connectivity index (χ2n) is 4.01. The second kappa shape index (κ2) is 3.36. The van der Waals surface area contributed by atoms with Gasteiger partial charge in [-0.1, -0.05) is 12.2 Å². The topological polar surface area (TPSA) is 36.7 Å². The number of ether oxygens (including phenoxy) is 1. The number of morpholine rings is 1. The van der Waals surface area contributed by atoms with Crippen LogP contribution in [0.3, 0.4) is 0 Å². The molecular weight excluding hydrogens is 190 g/mol. The molecule has 3 atom stereocenters. The van der Waals surface area contributed by atoms with Crippen molar-refractivity contribution in [3.05, 3.63) is 53.1 Å². The van der Waals surface area contributed by atoms with Crippen LogP contribution in [0.5, 0.6) is 0 Å². The molecular formula is C12H13NO2. The zero-order valence-corrected chi connectivity index (χ0v) is 8.35. The van der Waals surface area contributed by atoms with Crippen LogP contribution in [0.2, 0.25) is 0 Å². The summed E-state index contributed by atoms with van der Waals surface area (Å²) in [5, 5.41) is 12.3. The SMILES string of the molecule is [O-][NH+]1C2=CCCC=C2OC2C=CC=CC21. The zero-order valence-electron chi connectivity index (χ0n) is 8.35. The van der Waals surface area contributed by atoms with Crippen molar-refractivity contribution in [3.8, 4) is 0 Å². The molecule has 0 aromatic heterocycles. The van der Waals surface area contributed by atoms with E-state index in [2.05, 4.69) is 0 Å². The molecule has 3 aliphatic rings. The van der Waals surface area contributed by atoms with E-state index in [4.69, 9.17) is 4.74 Å².